The Kier molecular flexibility index (Phi) is 3.75. The number of aromatic nitrogens is 4. The summed E-state index contributed by atoms with van der Waals surface area (Å²) in [6, 6.07) is 8.30. The summed E-state index contributed by atoms with van der Waals surface area (Å²) in [6.45, 7) is 0. The number of anilines is 1. The van der Waals surface area contributed by atoms with Gasteiger partial charge in [-0.2, -0.15) is 4.98 Å². The van der Waals surface area contributed by atoms with Crippen LogP contribution in [0, 0.1) is 0 Å². The number of hydrogen-bond donors (Lipinski definition) is 4. The SMILES string of the molecule is Nc1nc2nc[nH]c2c(=O)[nH]1.O=C(O)c1ccccc1. The number of benzene rings is 1. The fourth-order valence-corrected chi connectivity index (χ4v) is 1.44. The highest BCUT2D eigenvalue weighted by atomic mass is 16.4. The van der Waals surface area contributed by atoms with Crippen LogP contribution in [0.25, 0.3) is 11.2 Å². The van der Waals surface area contributed by atoms with Crippen LogP contribution >= 0.6 is 0 Å². The Hall–Kier alpha value is -3.16. The summed E-state index contributed by atoms with van der Waals surface area (Å²) < 4.78 is 0. The van der Waals surface area contributed by atoms with Crippen LogP contribution in [0.4, 0.5) is 5.95 Å². The molecule has 8 heteroatoms. The number of aromatic carboxylic acids is 1. The summed E-state index contributed by atoms with van der Waals surface area (Å²) in [5, 5.41) is 8.38. The van der Waals surface area contributed by atoms with E-state index in [9.17, 15) is 9.59 Å². The van der Waals surface area contributed by atoms with E-state index in [2.05, 4.69) is 19.9 Å². The van der Waals surface area contributed by atoms with E-state index in [0.29, 0.717) is 16.7 Å². The maximum Gasteiger partial charge on any atom is 0.335 e. The van der Waals surface area contributed by atoms with Crippen molar-refractivity contribution in [1.29, 1.82) is 0 Å². The molecular weight excluding hydrogens is 262 g/mol. The van der Waals surface area contributed by atoms with E-state index < -0.39 is 5.97 Å². The third-order valence-corrected chi connectivity index (χ3v) is 2.34. The number of carboxylic acid groups (broad SMARTS) is 1. The fourth-order valence-electron chi connectivity index (χ4n) is 1.44. The van der Waals surface area contributed by atoms with E-state index in [4.69, 9.17) is 10.8 Å². The van der Waals surface area contributed by atoms with Crippen LogP contribution in [0.15, 0.2) is 41.5 Å². The van der Waals surface area contributed by atoms with Gasteiger partial charge in [-0.15, -0.1) is 0 Å². The van der Waals surface area contributed by atoms with Gasteiger partial charge in [0.25, 0.3) is 5.56 Å². The zero-order valence-electron chi connectivity index (χ0n) is 10.2. The number of nitrogens with zero attached hydrogens (tertiary/aromatic N) is 2. The molecule has 3 aromatic rings. The average molecular weight is 273 g/mol. The molecule has 2 heterocycles. The number of nitrogens with two attached hydrogens (primary N) is 1. The van der Waals surface area contributed by atoms with Crippen molar-refractivity contribution in [2.24, 2.45) is 0 Å². The molecule has 0 spiro atoms. The molecule has 0 saturated heterocycles. The second kappa shape index (κ2) is 5.65. The number of H-pyrrole nitrogens is 2. The number of rotatable bonds is 1. The number of carboxylic acids is 1. The van der Waals surface area contributed by atoms with Gasteiger partial charge in [0, 0.05) is 0 Å². The highest BCUT2D eigenvalue weighted by Crippen LogP contribution is 1.98. The first-order valence-electron chi connectivity index (χ1n) is 5.55. The first-order chi connectivity index (χ1) is 9.58. The van der Waals surface area contributed by atoms with Crippen molar-refractivity contribution in [3.8, 4) is 0 Å². The second-order valence-corrected chi connectivity index (χ2v) is 3.72. The van der Waals surface area contributed by atoms with Gasteiger partial charge >= 0.3 is 5.97 Å². The molecule has 5 N–H and O–H groups in total. The minimum absolute atomic E-state index is 0.0783. The third kappa shape index (κ3) is 2.99. The van der Waals surface area contributed by atoms with Crippen LogP contribution in [0.2, 0.25) is 0 Å². The molecule has 0 bridgehead atoms. The Balaban J connectivity index is 0.000000151. The molecule has 0 aliphatic carbocycles. The van der Waals surface area contributed by atoms with E-state index >= 15 is 0 Å². The number of imidazole rings is 1. The van der Waals surface area contributed by atoms with E-state index in [1.807, 2.05) is 0 Å². The van der Waals surface area contributed by atoms with Gasteiger partial charge in [-0.25, -0.2) is 9.78 Å². The Bertz CT molecular complexity index is 778. The van der Waals surface area contributed by atoms with Crippen LogP contribution < -0.4 is 11.3 Å². The predicted molar refractivity (Wildman–Crippen MR) is 72.3 cm³/mol. The van der Waals surface area contributed by atoms with Gasteiger partial charge in [0.15, 0.2) is 11.2 Å². The molecule has 1 aromatic carbocycles. The Morgan fingerprint density at radius 3 is 2.55 bits per heavy atom. The monoisotopic (exact) mass is 273 g/mol. The molecule has 0 aliphatic heterocycles. The summed E-state index contributed by atoms with van der Waals surface area (Å²) in [5.41, 5.74) is 5.98. The quantitative estimate of drug-likeness (QED) is 0.512. The lowest BCUT2D eigenvalue weighted by Gasteiger charge is -1.89. The minimum atomic E-state index is -0.879. The van der Waals surface area contributed by atoms with Gasteiger partial charge in [-0.1, -0.05) is 18.2 Å². The van der Waals surface area contributed by atoms with Crippen molar-refractivity contribution in [2.45, 2.75) is 0 Å². The number of hydrogen-bond acceptors (Lipinski definition) is 5. The summed E-state index contributed by atoms with van der Waals surface area (Å²) in [5.74, 6) is -0.801. The summed E-state index contributed by atoms with van der Waals surface area (Å²) >= 11 is 0. The summed E-state index contributed by atoms with van der Waals surface area (Å²) in [7, 11) is 0. The fraction of sp³-hybridized carbons (Fsp3) is 0. The van der Waals surface area contributed by atoms with Gasteiger partial charge in [0.05, 0.1) is 11.9 Å². The molecule has 2 aromatic heterocycles. The largest absolute Gasteiger partial charge is 0.478 e. The van der Waals surface area contributed by atoms with Crippen molar-refractivity contribution in [1.82, 2.24) is 19.9 Å². The smallest absolute Gasteiger partial charge is 0.335 e. The van der Waals surface area contributed by atoms with Crippen molar-refractivity contribution in [2.75, 3.05) is 5.73 Å². The Morgan fingerprint density at radius 1 is 1.25 bits per heavy atom. The zero-order valence-corrected chi connectivity index (χ0v) is 10.2. The standard InChI is InChI=1S/C7H6O2.C5H5N5O/c8-7(9)6-4-2-1-3-5-6;6-5-9-3-2(4(11)10-5)7-1-8-3/h1-5H,(H,8,9);1H,(H4,6,7,8,9,10,11). The lowest BCUT2D eigenvalue weighted by atomic mass is 10.2. The van der Waals surface area contributed by atoms with Crippen molar-refractivity contribution >= 4 is 23.1 Å². The normalized spacial score (nSPS) is 9.80. The minimum Gasteiger partial charge on any atom is -0.478 e. The lowest BCUT2D eigenvalue weighted by molar-refractivity contribution is 0.0697. The van der Waals surface area contributed by atoms with Crippen molar-refractivity contribution in [3.05, 3.63) is 52.6 Å². The average Bonchev–Trinajstić information content (AvgIpc) is 2.89. The van der Waals surface area contributed by atoms with Crippen LogP contribution in [-0.2, 0) is 0 Å². The number of nitrogen functional groups attached to an aromatic ring is 1. The van der Waals surface area contributed by atoms with E-state index in [-0.39, 0.29) is 11.5 Å². The molecule has 20 heavy (non-hydrogen) atoms. The first kappa shape index (κ1) is 13.3. The molecule has 0 fully saturated rings. The summed E-state index contributed by atoms with van der Waals surface area (Å²) in [6.07, 6.45) is 1.40. The predicted octanol–water partition coefficient (Wildman–Crippen LogP) is 0.613. The van der Waals surface area contributed by atoms with Crippen LogP contribution in [0.5, 0.6) is 0 Å². The van der Waals surface area contributed by atoms with E-state index in [1.54, 1.807) is 30.3 Å². The van der Waals surface area contributed by atoms with Crippen LogP contribution in [0.1, 0.15) is 10.4 Å². The molecule has 0 saturated carbocycles. The van der Waals surface area contributed by atoms with Gasteiger partial charge in [0.2, 0.25) is 5.95 Å². The van der Waals surface area contributed by atoms with Gasteiger partial charge < -0.3 is 15.8 Å². The third-order valence-electron chi connectivity index (χ3n) is 2.34. The molecule has 0 radical (unpaired) electrons. The molecule has 0 atom stereocenters. The number of nitrogens with one attached hydrogen (secondary N) is 2. The maximum atomic E-state index is 11.0. The van der Waals surface area contributed by atoms with Gasteiger partial charge in [-0.3, -0.25) is 9.78 Å². The van der Waals surface area contributed by atoms with E-state index in [1.165, 1.54) is 6.33 Å². The molecule has 0 amide bonds. The molecule has 102 valence electrons. The molecule has 0 aliphatic rings. The molecular formula is C12H11N5O3. The van der Waals surface area contributed by atoms with Crippen LogP contribution in [0.3, 0.4) is 0 Å². The number of aromatic amines is 2. The first-order valence-corrected chi connectivity index (χ1v) is 5.55. The Morgan fingerprint density at radius 2 is 1.95 bits per heavy atom. The number of fused-ring (bicyclic) bond motifs is 1. The highest BCUT2D eigenvalue weighted by molar-refractivity contribution is 5.87. The van der Waals surface area contributed by atoms with Gasteiger partial charge in [-0.05, 0) is 12.1 Å². The Labute approximate surface area is 112 Å². The zero-order chi connectivity index (χ0) is 14.5. The van der Waals surface area contributed by atoms with E-state index in [0.717, 1.165) is 0 Å². The summed E-state index contributed by atoms with van der Waals surface area (Å²) in [4.78, 5) is 33.7. The number of carbonyl (C=O) groups is 1. The second-order valence-electron chi connectivity index (χ2n) is 3.72. The molecule has 0 unspecified atom stereocenters. The molecule has 8 nitrogen and oxygen atoms in total. The van der Waals surface area contributed by atoms with Crippen molar-refractivity contribution in [3.63, 3.8) is 0 Å². The highest BCUT2D eigenvalue weighted by Gasteiger charge is 2.01. The molecule has 3 rings (SSSR count). The lowest BCUT2D eigenvalue weighted by Crippen LogP contribution is -2.10. The van der Waals surface area contributed by atoms with Gasteiger partial charge in [0.1, 0.15) is 0 Å². The topological polar surface area (TPSA) is 138 Å². The maximum absolute atomic E-state index is 11.0. The van der Waals surface area contributed by atoms with Crippen molar-refractivity contribution < 1.29 is 9.90 Å². The van der Waals surface area contributed by atoms with Crippen LogP contribution in [-0.4, -0.2) is 31.0 Å².